The van der Waals surface area contributed by atoms with Gasteiger partial charge in [-0.3, -0.25) is 0 Å². The van der Waals surface area contributed by atoms with Crippen LogP contribution in [0.3, 0.4) is 0 Å². The Hall–Kier alpha value is -0.770. The third-order valence-corrected chi connectivity index (χ3v) is 4.27. The molecule has 0 heterocycles. The Morgan fingerprint density at radius 1 is 1.11 bits per heavy atom. The number of hydrogen-bond donors (Lipinski definition) is 2. The number of hydrogen-bond acceptors (Lipinski definition) is 2. The van der Waals surface area contributed by atoms with Gasteiger partial charge in [-0.15, -0.1) is 0 Å². The molecule has 2 aliphatic rings. The molecule has 4 nitrogen and oxygen atoms in total. The lowest BCUT2D eigenvalue weighted by molar-refractivity contribution is 0.126. The molecule has 2 fully saturated rings. The highest BCUT2D eigenvalue weighted by molar-refractivity contribution is 5.75. The fraction of sp³-hybridized carbons (Fsp3) is 0.929. The van der Waals surface area contributed by atoms with Crippen LogP contribution >= 0.6 is 0 Å². The van der Waals surface area contributed by atoms with Crippen molar-refractivity contribution in [2.45, 2.75) is 69.9 Å². The first-order valence-electron chi connectivity index (χ1n) is 7.49. The van der Waals surface area contributed by atoms with E-state index in [0.717, 1.165) is 25.7 Å². The van der Waals surface area contributed by atoms with Crippen LogP contribution in [0, 0.1) is 0 Å². The van der Waals surface area contributed by atoms with E-state index in [2.05, 4.69) is 5.32 Å². The highest BCUT2D eigenvalue weighted by Gasteiger charge is 2.29. The first-order chi connectivity index (χ1) is 8.81. The first-order valence-corrected chi connectivity index (χ1v) is 7.49. The van der Waals surface area contributed by atoms with Crippen molar-refractivity contribution in [3.05, 3.63) is 0 Å². The van der Waals surface area contributed by atoms with Crippen molar-refractivity contribution in [3.63, 3.8) is 0 Å². The molecule has 2 amide bonds. The van der Waals surface area contributed by atoms with Gasteiger partial charge in [-0.05, 0) is 38.5 Å². The Kier molecular flexibility index (Phi) is 5.29. The zero-order valence-corrected chi connectivity index (χ0v) is 11.2. The van der Waals surface area contributed by atoms with E-state index in [9.17, 15) is 4.79 Å². The van der Waals surface area contributed by atoms with E-state index in [1.54, 1.807) is 0 Å². The predicted molar refractivity (Wildman–Crippen MR) is 71.5 cm³/mol. The second-order valence-electron chi connectivity index (χ2n) is 5.64. The molecule has 0 aromatic heterocycles. The summed E-state index contributed by atoms with van der Waals surface area (Å²) in [7, 11) is 0. The summed E-state index contributed by atoms with van der Waals surface area (Å²) in [4.78, 5) is 14.2. The molecule has 4 heteroatoms. The number of amides is 2. The molecule has 2 rings (SSSR count). The van der Waals surface area contributed by atoms with Crippen LogP contribution in [0.15, 0.2) is 0 Å². The van der Waals surface area contributed by atoms with E-state index in [4.69, 9.17) is 5.11 Å². The number of urea groups is 1. The number of carbonyl (C=O) groups excluding carboxylic acids is 1. The second-order valence-corrected chi connectivity index (χ2v) is 5.64. The molecule has 2 aliphatic carbocycles. The Morgan fingerprint density at radius 2 is 1.83 bits per heavy atom. The van der Waals surface area contributed by atoms with Crippen molar-refractivity contribution in [1.29, 1.82) is 0 Å². The van der Waals surface area contributed by atoms with Crippen molar-refractivity contribution < 1.29 is 9.90 Å². The minimum absolute atomic E-state index is 0.0973. The van der Waals surface area contributed by atoms with Gasteiger partial charge in [0.15, 0.2) is 0 Å². The van der Waals surface area contributed by atoms with E-state index in [1.807, 2.05) is 4.90 Å². The highest BCUT2D eigenvalue weighted by atomic mass is 16.3. The molecule has 2 saturated carbocycles. The van der Waals surface area contributed by atoms with E-state index in [0.29, 0.717) is 25.0 Å². The topological polar surface area (TPSA) is 52.6 Å². The molecule has 2 N–H and O–H groups in total. The van der Waals surface area contributed by atoms with Gasteiger partial charge in [0.25, 0.3) is 0 Å². The quantitative estimate of drug-likeness (QED) is 0.790. The predicted octanol–water partition coefficient (Wildman–Crippen LogP) is 2.27. The molecule has 0 atom stereocenters. The van der Waals surface area contributed by atoms with Gasteiger partial charge in [-0.2, -0.15) is 0 Å². The van der Waals surface area contributed by atoms with Crippen molar-refractivity contribution in [2.75, 3.05) is 13.2 Å². The molecular formula is C14H26N2O2. The minimum Gasteiger partial charge on any atom is -0.396 e. The maximum Gasteiger partial charge on any atom is 0.317 e. The summed E-state index contributed by atoms with van der Waals surface area (Å²) in [6.07, 6.45) is 10.2. The van der Waals surface area contributed by atoms with Crippen LogP contribution in [0.25, 0.3) is 0 Å². The fourth-order valence-corrected chi connectivity index (χ4v) is 2.89. The molecule has 104 valence electrons. The molecule has 0 radical (unpaired) electrons. The normalized spacial score (nSPS) is 21.4. The maximum atomic E-state index is 12.3. The molecule has 0 aromatic carbocycles. The zero-order valence-electron chi connectivity index (χ0n) is 11.2. The molecule has 0 spiro atoms. The molecule has 0 bridgehead atoms. The molecule has 0 aliphatic heterocycles. The lowest BCUT2D eigenvalue weighted by atomic mass is 9.91. The first kappa shape index (κ1) is 13.7. The standard InChI is InChI=1S/C14H26N2O2/c17-11-5-10-16(13-8-4-9-13)14(18)15-12-6-2-1-3-7-12/h12-13,17H,1-11H2,(H,15,18). The van der Waals surface area contributed by atoms with Gasteiger partial charge in [0, 0.05) is 25.2 Å². The van der Waals surface area contributed by atoms with Crippen LogP contribution in [0.5, 0.6) is 0 Å². The largest absolute Gasteiger partial charge is 0.396 e. The van der Waals surface area contributed by atoms with Crippen molar-refractivity contribution in [3.8, 4) is 0 Å². The fourth-order valence-electron chi connectivity index (χ4n) is 2.89. The Labute approximate surface area is 110 Å². The average molecular weight is 254 g/mol. The molecule has 18 heavy (non-hydrogen) atoms. The Bertz CT molecular complexity index is 261. The summed E-state index contributed by atoms with van der Waals surface area (Å²) in [6, 6.07) is 0.892. The van der Waals surface area contributed by atoms with Gasteiger partial charge in [0.05, 0.1) is 0 Å². The lowest BCUT2D eigenvalue weighted by Gasteiger charge is -2.38. The molecule has 0 saturated heterocycles. The summed E-state index contributed by atoms with van der Waals surface area (Å²) in [6.45, 7) is 0.861. The number of nitrogens with one attached hydrogen (secondary N) is 1. The molecule has 0 aromatic rings. The monoisotopic (exact) mass is 254 g/mol. The van der Waals surface area contributed by atoms with Gasteiger partial charge in [0.2, 0.25) is 0 Å². The van der Waals surface area contributed by atoms with E-state index < -0.39 is 0 Å². The number of rotatable bonds is 5. The van der Waals surface area contributed by atoms with Crippen molar-refractivity contribution in [2.24, 2.45) is 0 Å². The summed E-state index contributed by atoms with van der Waals surface area (Å²) < 4.78 is 0. The third kappa shape index (κ3) is 3.61. The van der Waals surface area contributed by atoms with E-state index in [-0.39, 0.29) is 12.6 Å². The van der Waals surface area contributed by atoms with Crippen LogP contribution in [-0.4, -0.2) is 41.3 Å². The summed E-state index contributed by atoms with van der Waals surface area (Å²) >= 11 is 0. The Morgan fingerprint density at radius 3 is 2.39 bits per heavy atom. The summed E-state index contributed by atoms with van der Waals surface area (Å²) in [5.41, 5.74) is 0. The van der Waals surface area contributed by atoms with Crippen molar-refractivity contribution >= 4 is 6.03 Å². The van der Waals surface area contributed by atoms with Crippen molar-refractivity contribution in [1.82, 2.24) is 10.2 Å². The van der Waals surface area contributed by atoms with Crippen LogP contribution < -0.4 is 5.32 Å². The highest BCUT2D eigenvalue weighted by Crippen LogP contribution is 2.25. The van der Waals surface area contributed by atoms with Gasteiger partial charge < -0.3 is 15.3 Å². The number of aliphatic hydroxyl groups excluding tert-OH is 1. The maximum absolute atomic E-state index is 12.3. The number of nitrogens with zero attached hydrogens (tertiary/aromatic N) is 1. The van der Waals surface area contributed by atoms with Crippen LogP contribution in [-0.2, 0) is 0 Å². The van der Waals surface area contributed by atoms with Crippen LogP contribution in [0.2, 0.25) is 0 Å². The van der Waals surface area contributed by atoms with Gasteiger partial charge in [-0.1, -0.05) is 19.3 Å². The van der Waals surface area contributed by atoms with E-state index in [1.165, 1.54) is 25.7 Å². The smallest absolute Gasteiger partial charge is 0.317 e. The second kappa shape index (κ2) is 6.98. The molecule has 0 unspecified atom stereocenters. The van der Waals surface area contributed by atoms with Gasteiger partial charge >= 0.3 is 6.03 Å². The van der Waals surface area contributed by atoms with Gasteiger partial charge in [0.1, 0.15) is 0 Å². The number of aliphatic hydroxyl groups is 1. The van der Waals surface area contributed by atoms with Crippen LogP contribution in [0.4, 0.5) is 4.79 Å². The number of carbonyl (C=O) groups is 1. The SMILES string of the molecule is O=C(NC1CCCCC1)N(CCCO)C1CCC1. The summed E-state index contributed by atoms with van der Waals surface area (Å²) in [5.74, 6) is 0. The van der Waals surface area contributed by atoms with Crippen LogP contribution in [0.1, 0.15) is 57.8 Å². The zero-order chi connectivity index (χ0) is 12.8. The summed E-state index contributed by atoms with van der Waals surface area (Å²) in [5, 5.41) is 12.1. The van der Waals surface area contributed by atoms with Gasteiger partial charge in [-0.25, -0.2) is 4.79 Å². The average Bonchev–Trinajstić information content (AvgIpc) is 2.33. The lowest BCUT2D eigenvalue weighted by Crippen LogP contribution is -2.52. The molecular weight excluding hydrogens is 228 g/mol. The third-order valence-electron chi connectivity index (χ3n) is 4.27. The minimum atomic E-state index is 0.0973. The van der Waals surface area contributed by atoms with E-state index >= 15 is 0 Å². The Balaban J connectivity index is 1.81.